The van der Waals surface area contributed by atoms with Crippen LogP contribution in [0.15, 0.2) is 36.4 Å². The number of hydrogen-bond acceptors (Lipinski definition) is 2. The molecule has 3 nitrogen and oxygen atoms in total. The lowest BCUT2D eigenvalue weighted by atomic mass is 10.1. The zero-order chi connectivity index (χ0) is 16.1. The van der Waals surface area contributed by atoms with E-state index in [0.29, 0.717) is 21.2 Å². The third kappa shape index (κ3) is 4.44. The van der Waals surface area contributed by atoms with E-state index in [1.165, 1.54) is 12.1 Å². The van der Waals surface area contributed by atoms with Gasteiger partial charge in [-0.15, -0.1) is 0 Å². The fourth-order valence-corrected chi connectivity index (χ4v) is 2.35. The summed E-state index contributed by atoms with van der Waals surface area (Å²) in [5.41, 5.74) is 1.54. The van der Waals surface area contributed by atoms with Gasteiger partial charge in [0.1, 0.15) is 5.82 Å². The summed E-state index contributed by atoms with van der Waals surface area (Å²) in [7, 11) is 0. The molecule has 0 fully saturated rings. The van der Waals surface area contributed by atoms with Gasteiger partial charge in [0, 0.05) is 22.2 Å². The third-order valence-corrected chi connectivity index (χ3v) is 3.73. The first-order valence-electron chi connectivity index (χ1n) is 6.58. The first kappa shape index (κ1) is 16.7. The van der Waals surface area contributed by atoms with Crippen molar-refractivity contribution in [2.45, 2.75) is 19.6 Å². The Kier molecular flexibility index (Phi) is 5.77. The van der Waals surface area contributed by atoms with Crippen molar-refractivity contribution in [1.29, 1.82) is 0 Å². The van der Waals surface area contributed by atoms with Crippen LogP contribution in [0.3, 0.4) is 0 Å². The quantitative estimate of drug-likeness (QED) is 0.874. The van der Waals surface area contributed by atoms with Gasteiger partial charge in [0.15, 0.2) is 0 Å². The van der Waals surface area contributed by atoms with E-state index in [1.807, 2.05) is 0 Å². The van der Waals surface area contributed by atoms with E-state index in [2.05, 4.69) is 5.32 Å². The Hall–Kier alpha value is -1.62. The highest BCUT2D eigenvalue weighted by atomic mass is 35.5. The van der Waals surface area contributed by atoms with E-state index in [1.54, 1.807) is 24.3 Å². The number of rotatable bonds is 5. The molecule has 0 aliphatic rings. The van der Waals surface area contributed by atoms with E-state index in [9.17, 15) is 9.18 Å². The summed E-state index contributed by atoms with van der Waals surface area (Å²) in [6, 6.07) is 9.27. The van der Waals surface area contributed by atoms with Crippen molar-refractivity contribution in [2.24, 2.45) is 0 Å². The normalized spacial score (nSPS) is 10.5. The van der Waals surface area contributed by atoms with Crippen LogP contribution in [-0.2, 0) is 24.4 Å². The van der Waals surface area contributed by atoms with E-state index < -0.39 is 5.82 Å². The van der Waals surface area contributed by atoms with Crippen LogP contribution in [0.1, 0.15) is 16.7 Å². The highest BCUT2D eigenvalue weighted by molar-refractivity contribution is 6.33. The molecule has 2 aromatic rings. The molecule has 0 aromatic heterocycles. The highest BCUT2D eigenvalue weighted by Gasteiger charge is 2.09. The monoisotopic (exact) mass is 341 g/mol. The Morgan fingerprint density at radius 3 is 2.64 bits per heavy atom. The lowest BCUT2D eigenvalue weighted by Crippen LogP contribution is -2.24. The minimum atomic E-state index is -0.469. The molecule has 0 atom stereocenters. The van der Waals surface area contributed by atoms with E-state index in [-0.39, 0.29) is 31.0 Å². The first-order valence-corrected chi connectivity index (χ1v) is 7.34. The SMILES string of the molecule is O=C(Cc1cc(Cl)ccc1Cl)NCc1ccc(F)c(CO)c1. The summed E-state index contributed by atoms with van der Waals surface area (Å²) in [5.74, 6) is -0.692. The van der Waals surface area contributed by atoms with Gasteiger partial charge in [-0.2, -0.15) is 0 Å². The third-order valence-electron chi connectivity index (χ3n) is 3.13. The van der Waals surface area contributed by atoms with Crippen LogP contribution in [0.4, 0.5) is 4.39 Å². The van der Waals surface area contributed by atoms with Crippen LogP contribution < -0.4 is 5.32 Å². The Morgan fingerprint density at radius 2 is 1.91 bits per heavy atom. The van der Waals surface area contributed by atoms with Crippen LogP contribution in [-0.4, -0.2) is 11.0 Å². The van der Waals surface area contributed by atoms with Crippen LogP contribution in [0, 0.1) is 5.82 Å². The van der Waals surface area contributed by atoms with Gasteiger partial charge >= 0.3 is 0 Å². The van der Waals surface area contributed by atoms with Crippen molar-refractivity contribution in [1.82, 2.24) is 5.32 Å². The van der Waals surface area contributed by atoms with Gasteiger partial charge in [-0.3, -0.25) is 4.79 Å². The number of hydrogen-bond donors (Lipinski definition) is 2. The van der Waals surface area contributed by atoms with Crippen molar-refractivity contribution >= 4 is 29.1 Å². The number of aliphatic hydroxyl groups excluding tert-OH is 1. The summed E-state index contributed by atoms with van der Waals surface area (Å²) >= 11 is 11.9. The molecule has 0 radical (unpaired) electrons. The predicted molar refractivity (Wildman–Crippen MR) is 84.3 cm³/mol. The maximum atomic E-state index is 13.3. The zero-order valence-electron chi connectivity index (χ0n) is 11.6. The molecule has 0 aliphatic heterocycles. The average Bonchev–Trinajstić information content (AvgIpc) is 2.50. The van der Waals surface area contributed by atoms with Crippen molar-refractivity contribution in [3.05, 3.63) is 69.0 Å². The van der Waals surface area contributed by atoms with Crippen LogP contribution in [0.5, 0.6) is 0 Å². The van der Waals surface area contributed by atoms with E-state index in [0.717, 1.165) is 0 Å². The lowest BCUT2D eigenvalue weighted by molar-refractivity contribution is -0.120. The molecule has 0 saturated heterocycles. The maximum Gasteiger partial charge on any atom is 0.224 e. The van der Waals surface area contributed by atoms with Crippen LogP contribution >= 0.6 is 23.2 Å². The molecule has 1 amide bonds. The summed E-state index contributed by atoms with van der Waals surface area (Å²) in [6.45, 7) is -0.143. The number of aliphatic hydroxyl groups is 1. The Labute approximate surface area is 137 Å². The fourth-order valence-electron chi connectivity index (χ4n) is 1.97. The molecule has 2 aromatic carbocycles. The number of amides is 1. The number of halogens is 3. The second-order valence-corrected chi connectivity index (χ2v) is 5.62. The first-order chi connectivity index (χ1) is 10.5. The largest absolute Gasteiger partial charge is 0.392 e. The van der Waals surface area contributed by atoms with Gasteiger partial charge in [0.2, 0.25) is 5.91 Å². The number of carbonyl (C=O) groups is 1. The minimum Gasteiger partial charge on any atom is -0.392 e. The molecular formula is C16H14Cl2FNO2. The summed E-state index contributed by atoms with van der Waals surface area (Å²) in [4.78, 5) is 11.9. The number of carbonyl (C=O) groups excluding carboxylic acids is 1. The van der Waals surface area contributed by atoms with Gasteiger partial charge in [-0.25, -0.2) is 4.39 Å². The summed E-state index contributed by atoms with van der Waals surface area (Å²) in [5, 5.41) is 12.7. The van der Waals surface area contributed by atoms with Crippen molar-refractivity contribution in [3.63, 3.8) is 0 Å². The van der Waals surface area contributed by atoms with E-state index in [4.69, 9.17) is 28.3 Å². The Bertz CT molecular complexity index is 692. The van der Waals surface area contributed by atoms with Crippen LogP contribution in [0.2, 0.25) is 10.0 Å². The second-order valence-electron chi connectivity index (χ2n) is 4.77. The Balaban J connectivity index is 1.97. The van der Waals surface area contributed by atoms with Crippen molar-refractivity contribution in [3.8, 4) is 0 Å². The Morgan fingerprint density at radius 1 is 1.14 bits per heavy atom. The van der Waals surface area contributed by atoms with Gasteiger partial charge < -0.3 is 10.4 Å². The molecule has 0 saturated carbocycles. The van der Waals surface area contributed by atoms with Crippen LogP contribution in [0.25, 0.3) is 0 Å². The fraction of sp³-hybridized carbons (Fsp3) is 0.188. The number of benzene rings is 2. The summed E-state index contributed by atoms with van der Waals surface area (Å²) < 4.78 is 13.3. The highest BCUT2D eigenvalue weighted by Crippen LogP contribution is 2.21. The molecule has 22 heavy (non-hydrogen) atoms. The molecule has 0 unspecified atom stereocenters. The second kappa shape index (κ2) is 7.58. The average molecular weight is 342 g/mol. The van der Waals surface area contributed by atoms with Gasteiger partial charge in [-0.1, -0.05) is 29.3 Å². The lowest BCUT2D eigenvalue weighted by Gasteiger charge is -2.08. The molecule has 116 valence electrons. The standard InChI is InChI=1S/C16H14Cl2FNO2/c17-13-2-3-14(18)11(6-13)7-16(22)20-8-10-1-4-15(19)12(5-10)9-21/h1-6,21H,7-9H2,(H,20,22). The molecule has 0 heterocycles. The zero-order valence-corrected chi connectivity index (χ0v) is 13.1. The molecule has 0 spiro atoms. The van der Waals surface area contributed by atoms with Crippen molar-refractivity contribution in [2.75, 3.05) is 0 Å². The molecule has 2 N–H and O–H groups in total. The van der Waals surface area contributed by atoms with E-state index >= 15 is 0 Å². The topological polar surface area (TPSA) is 49.3 Å². The molecule has 2 rings (SSSR count). The molecular weight excluding hydrogens is 328 g/mol. The minimum absolute atomic E-state index is 0.105. The maximum absolute atomic E-state index is 13.3. The summed E-state index contributed by atoms with van der Waals surface area (Å²) in [6.07, 6.45) is 0.105. The molecule has 0 bridgehead atoms. The van der Waals surface area contributed by atoms with Gasteiger partial charge in [0.05, 0.1) is 13.0 Å². The smallest absolute Gasteiger partial charge is 0.224 e. The number of nitrogens with one attached hydrogen (secondary N) is 1. The van der Waals surface area contributed by atoms with Crippen molar-refractivity contribution < 1.29 is 14.3 Å². The van der Waals surface area contributed by atoms with Gasteiger partial charge in [-0.05, 0) is 41.5 Å². The predicted octanol–water partition coefficient (Wildman–Crippen LogP) is 3.48. The van der Waals surface area contributed by atoms with Gasteiger partial charge in [0.25, 0.3) is 0 Å². The molecule has 0 aliphatic carbocycles. The molecule has 6 heteroatoms.